The van der Waals surface area contributed by atoms with Gasteiger partial charge in [0.15, 0.2) is 0 Å². The van der Waals surface area contributed by atoms with Crippen molar-refractivity contribution in [2.75, 3.05) is 0 Å². The van der Waals surface area contributed by atoms with E-state index in [-0.39, 0.29) is 28.5 Å². The van der Waals surface area contributed by atoms with Gasteiger partial charge in [-0.2, -0.15) is 0 Å². The van der Waals surface area contributed by atoms with Crippen molar-refractivity contribution in [2.24, 2.45) is 15.8 Å². The summed E-state index contributed by atoms with van der Waals surface area (Å²) in [5, 5.41) is 11.5. The zero-order valence-electron chi connectivity index (χ0n) is 22.9. The maximum atomic E-state index is 11.5. The molecule has 4 nitrogen and oxygen atoms in total. The van der Waals surface area contributed by atoms with E-state index in [0.717, 1.165) is 66.7 Å². The maximum absolute atomic E-state index is 11.5. The van der Waals surface area contributed by atoms with Gasteiger partial charge in [0.1, 0.15) is 6.10 Å². The number of rotatable bonds is 2. The molecular formula is C31H44N2O2. The Balaban J connectivity index is 1.70. The van der Waals surface area contributed by atoms with E-state index in [2.05, 4.69) is 66.8 Å². The van der Waals surface area contributed by atoms with Crippen molar-refractivity contribution in [3.8, 4) is 0 Å². The Morgan fingerprint density at radius 3 is 2.40 bits per heavy atom. The second-order valence-electron chi connectivity index (χ2n) is 13.4. The van der Waals surface area contributed by atoms with E-state index in [0.29, 0.717) is 0 Å². The highest BCUT2D eigenvalue weighted by Gasteiger charge is 2.53. The minimum atomic E-state index is -0.480. The van der Waals surface area contributed by atoms with Crippen molar-refractivity contribution >= 4 is 6.21 Å². The smallest absolute Gasteiger partial charge is 0.112 e. The Labute approximate surface area is 212 Å². The summed E-state index contributed by atoms with van der Waals surface area (Å²) in [6.07, 6.45) is 14.1. The first-order chi connectivity index (χ1) is 16.4. The highest BCUT2D eigenvalue weighted by Crippen LogP contribution is 2.59. The van der Waals surface area contributed by atoms with Crippen molar-refractivity contribution in [1.82, 2.24) is 4.98 Å². The van der Waals surface area contributed by atoms with Gasteiger partial charge in [-0.05, 0) is 61.0 Å². The fourth-order valence-electron chi connectivity index (χ4n) is 6.81. The van der Waals surface area contributed by atoms with Crippen LogP contribution in [-0.4, -0.2) is 16.3 Å². The van der Waals surface area contributed by atoms with Crippen LogP contribution in [0.1, 0.15) is 140 Å². The van der Waals surface area contributed by atoms with Gasteiger partial charge in [-0.1, -0.05) is 73.5 Å². The Bertz CT molecular complexity index is 1090. The van der Waals surface area contributed by atoms with Crippen LogP contribution in [0.5, 0.6) is 0 Å². The van der Waals surface area contributed by atoms with Crippen LogP contribution >= 0.6 is 0 Å². The summed E-state index contributed by atoms with van der Waals surface area (Å²) in [5.74, 6) is 0.287. The SMILES string of the molecule is CC(C)c1nc2c(c3c1C(C1=CCCC=C(C(C)(C)C)N=C1)OC31CCCC1)C(O)CC(C)(C)C2. The monoisotopic (exact) mass is 476 g/mol. The normalized spacial score (nSPS) is 27.3. The summed E-state index contributed by atoms with van der Waals surface area (Å²) in [6.45, 7) is 15.7. The Kier molecular flexibility index (Phi) is 6.16. The molecule has 2 atom stereocenters. The molecule has 1 N–H and O–H groups in total. The van der Waals surface area contributed by atoms with Crippen LogP contribution in [0.3, 0.4) is 0 Å². The molecule has 0 amide bonds. The lowest BCUT2D eigenvalue weighted by atomic mass is 9.70. The minimum absolute atomic E-state index is 0.0146. The summed E-state index contributed by atoms with van der Waals surface area (Å²) < 4.78 is 7.16. The van der Waals surface area contributed by atoms with E-state index in [1.165, 1.54) is 24.0 Å². The van der Waals surface area contributed by atoms with Gasteiger partial charge in [-0.3, -0.25) is 9.98 Å². The average molecular weight is 477 g/mol. The summed E-state index contributed by atoms with van der Waals surface area (Å²) in [6, 6.07) is 0. The van der Waals surface area contributed by atoms with Crippen molar-refractivity contribution in [3.05, 3.63) is 51.5 Å². The van der Waals surface area contributed by atoms with Gasteiger partial charge in [-0.25, -0.2) is 0 Å². The summed E-state index contributed by atoms with van der Waals surface area (Å²) in [4.78, 5) is 10.3. The number of ether oxygens (including phenoxy) is 1. The quantitative estimate of drug-likeness (QED) is 0.474. The second kappa shape index (κ2) is 8.66. The first-order valence-corrected chi connectivity index (χ1v) is 13.8. The lowest BCUT2D eigenvalue weighted by molar-refractivity contribution is -0.0574. The largest absolute Gasteiger partial charge is 0.388 e. The summed E-state index contributed by atoms with van der Waals surface area (Å²) in [7, 11) is 0. The molecule has 5 rings (SSSR count). The predicted octanol–water partition coefficient (Wildman–Crippen LogP) is 7.77. The molecule has 0 aromatic carbocycles. The third kappa shape index (κ3) is 4.35. The zero-order chi connectivity index (χ0) is 25.2. The van der Waals surface area contributed by atoms with E-state index in [1.807, 2.05) is 0 Å². The standard InChI is InChI=1S/C31H44N2O2/c1-19(2)27-25-26(24-21(33-27)16-30(6,7)17-22(24)34)31(14-10-11-15-31)35-28(25)20-12-8-9-13-23(32-18-20)29(3,4)5/h12-13,18-19,22,28,34H,8-11,14-17H2,1-7H3. The van der Waals surface area contributed by atoms with Gasteiger partial charge in [0.05, 0.1) is 11.7 Å². The van der Waals surface area contributed by atoms with Crippen LogP contribution < -0.4 is 0 Å². The highest BCUT2D eigenvalue weighted by molar-refractivity contribution is 5.82. The van der Waals surface area contributed by atoms with Gasteiger partial charge in [0, 0.05) is 39.8 Å². The van der Waals surface area contributed by atoms with Crippen LogP contribution in [0.15, 0.2) is 28.4 Å². The molecule has 0 bridgehead atoms. The molecule has 1 aromatic heterocycles. The third-order valence-corrected chi connectivity index (χ3v) is 8.43. The minimum Gasteiger partial charge on any atom is -0.388 e. The molecule has 4 aliphatic rings. The van der Waals surface area contributed by atoms with E-state index in [4.69, 9.17) is 14.7 Å². The molecule has 2 aliphatic heterocycles. The topological polar surface area (TPSA) is 54.7 Å². The van der Waals surface area contributed by atoms with Crippen molar-refractivity contribution in [1.29, 1.82) is 0 Å². The lowest BCUT2D eigenvalue weighted by Gasteiger charge is -2.38. The van der Waals surface area contributed by atoms with Crippen molar-refractivity contribution < 1.29 is 9.84 Å². The molecule has 4 heteroatoms. The fourth-order valence-corrected chi connectivity index (χ4v) is 6.81. The zero-order valence-corrected chi connectivity index (χ0v) is 22.9. The van der Waals surface area contributed by atoms with Crippen LogP contribution in [0.4, 0.5) is 0 Å². The predicted molar refractivity (Wildman–Crippen MR) is 143 cm³/mol. The number of hydrogen-bond acceptors (Lipinski definition) is 4. The lowest BCUT2D eigenvalue weighted by Crippen LogP contribution is -2.32. The third-order valence-electron chi connectivity index (χ3n) is 8.43. The molecule has 35 heavy (non-hydrogen) atoms. The first-order valence-electron chi connectivity index (χ1n) is 13.8. The number of fused-ring (bicyclic) bond motifs is 4. The molecule has 2 aliphatic carbocycles. The van der Waals surface area contributed by atoms with Crippen LogP contribution in [0, 0.1) is 10.8 Å². The number of aliphatic hydroxyl groups is 1. The molecule has 0 radical (unpaired) electrons. The number of allylic oxidation sites excluding steroid dienone is 3. The van der Waals surface area contributed by atoms with E-state index in [9.17, 15) is 5.11 Å². The van der Waals surface area contributed by atoms with Gasteiger partial charge in [-0.15, -0.1) is 0 Å². The van der Waals surface area contributed by atoms with E-state index in [1.54, 1.807) is 0 Å². The molecule has 0 saturated heterocycles. The van der Waals surface area contributed by atoms with Gasteiger partial charge in [0.25, 0.3) is 0 Å². The molecule has 1 fully saturated rings. The first kappa shape index (κ1) is 24.9. The van der Waals surface area contributed by atoms with Gasteiger partial charge in [0.2, 0.25) is 0 Å². The average Bonchev–Trinajstić information content (AvgIpc) is 3.31. The second-order valence-corrected chi connectivity index (χ2v) is 13.4. The van der Waals surface area contributed by atoms with Gasteiger partial charge >= 0.3 is 0 Å². The van der Waals surface area contributed by atoms with Crippen molar-refractivity contribution in [3.63, 3.8) is 0 Å². The molecular weight excluding hydrogens is 432 g/mol. The Morgan fingerprint density at radius 2 is 1.74 bits per heavy atom. The maximum Gasteiger partial charge on any atom is 0.112 e. The van der Waals surface area contributed by atoms with Crippen molar-refractivity contribution in [2.45, 2.75) is 124 Å². The molecule has 1 saturated carbocycles. The van der Waals surface area contributed by atoms with Crippen LogP contribution in [0.2, 0.25) is 0 Å². The number of nitrogens with zero attached hydrogens (tertiary/aromatic N) is 2. The molecule has 1 spiro atoms. The molecule has 2 unspecified atom stereocenters. The van der Waals surface area contributed by atoms with Crippen LogP contribution in [0.25, 0.3) is 0 Å². The molecule has 190 valence electrons. The Hall–Kier alpha value is -1.78. The summed E-state index contributed by atoms with van der Waals surface area (Å²) >= 11 is 0. The number of hydrogen-bond donors (Lipinski definition) is 1. The highest BCUT2D eigenvalue weighted by atomic mass is 16.5. The fraction of sp³-hybridized carbons (Fsp3) is 0.677. The van der Waals surface area contributed by atoms with Gasteiger partial charge < -0.3 is 9.84 Å². The number of aliphatic hydroxyl groups excluding tert-OH is 1. The summed E-state index contributed by atoms with van der Waals surface area (Å²) in [5.41, 5.74) is 7.92. The number of aromatic nitrogens is 1. The Morgan fingerprint density at radius 1 is 1.06 bits per heavy atom. The molecule has 1 aromatic rings. The molecule has 3 heterocycles. The van der Waals surface area contributed by atoms with E-state index >= 15 is 0 Å². The number of aliphatic imine (C=N–C) groups is 1. The number of pyridine rings is 1. The van der Waals surface area contributed by atoms with E-state index < -0.39 is 6.10 Å². The van der Waals surface area contributed by atoms with Crippen LogP contribution in [-0.2, 0) is 16.8 Å².